The molecule has 0 aromatic heterocycles. The first-order valence-corrected chi connectivity index (χ1v) is 14.5. The lowest BCUT2D eigenvalue weighted by Gasteiger charge is -2.71. The van der Waals surface area contributed by atoms with E-state index in [1.165, 1.54) is 32.1 Å². The monoisotopic (exact) mass is 468 g/mol. The summed E-state index contributed by atoms with van der Waals surface area (Å²) in [6.07, 6.45) is 14.8. The number of rotatable bonds is 1. The van der Waals surface area contributed by atoms with Gasteiger partial charge in [-0.05, 0) is 115 Å². The van der Waals surface area contributed by atoms with Crippen molar-refractivity contribution in [1.82, 2.24) is 0 Å². The van der Waals surface area contributed by atoms with Crippen LogP contribution in [0, 0.1) is 56.2 Å². The molecule has 0 N–H and O–H groups in total. The second-order valence-corrected chi connectivity index (χ2v) is 15.6. The van der Waals surface area contributed by atoms with Crippen LogP contribution in [0.4, 0.5) is 0 Å². The van der Waals surface area contributed by atoms with Gasteiger partial charge in [-0.15, -0.1) is 0 Å². The van der Waals surface area contributed by atoms with Gasteiger partial charge in [0.05, 0.1) is 12.5 Å². The summed E-state index contributed by atoms with van der Waals surface area (Å²) in [5.41, 5.74) is 3.04. The van der Waals surface area contributed by atoms with E-state index in [-0.39, 0.29) is 16.8 Å². The van der Waals surface area contributed by atoms with E-state index in [0.29, 0.717) is 27.6 Å². The molecule has 4 fully saturated rings. The van der Waals surface area contributed by atoms with Crippen molar-refractivity contribution >= 4 is 5.97 Å². The number of allylic oxidation sites excluding steroid dienone is 2. The molecular formula is C32H52O2. The van der Waals surface area contributed by atoms with Crippen LogP contribution in [-0.4, -0.2) is 13.1 Å². The van der Waals surface area contributed by atoms with Gasteiger partial charge in [0.25, 0.3) is 0 Å². The van der Waals surface area contributed by atoms with Gasteiger partial charge < -0.3 is 4.74 Å². The van der Waals surface area contributed by atoms with Crippen molar-refractivity contribution in [2.45, 2.75) is 120 Å². The lowest BCUT2D eigenvalue weighted by molar-refractivity contribution is -0.196. The van der Waals surface area contributed by atoms with E-state index >= 15 is 0 Å². The Balaban J connectivity index is 1.60. The summed E-state index contributed by atoms with van der Waals surface area (Å²) >= 11 is 0. The smallest absolute Gasteiger partial charge is 0.312 e. The van der Waals surface area contributed by atoms with Gasteiger partial charge in [0.1, 0.15) is 0 Å². The Bertz CT molecular complexity index is 897. The molecule has 0 amide bonds. The molecule has 4 saturated carbocycles. The topological polar surface area (TPSA) is 26.3 Å². The van der Waals surface area contributed by atoms with Gasteiger partial charge in [-0.3, -0.25) is 4.79 Å². The molecule has 0 radical (unpaired) electrons. The fourth-order valence-electron chi connectivity index (χ4n) is 11.0. The third kappa shape index (κ3) is 2.95. The number of hydrogen-bond donors (Lipinski definition) is 0. The number of hydrogen-bond acceptors (Lipinski definition) is 2. The van der Waals surface area contributed by atoms with E-state index in [1.54, 1.807) is 12.7 Å². The minimum absolute atomic E-state index is 0.0712. The fraction of sp³-hybridized carbons (Fsp3) is 0.906. The van der Waals surface area contributed by atoms with Gasteiger partial charge in [0.15, 0.2) is 0 Å². The van der Waals surface area contributed by atoms with Crippen molar-refractivity contribution in [3.63, 3.8) is 0 Å². The highest BCUT2D eigenvalue weighted by Crippen LogP contribution is 2.76. The number of methoxy groups -OCH3 is 1. The minimum Gasteiger partial charge on any atom is -0.469 e. The molecule has 3 unspecified atom stereocenters. The summed E-state index contributed by atoms with van der Waals surface area (Å²) in [6, 6.07) is 0. The van der Waals surface area contributed by atoms with Crippen LogP contribution in [0.15, 0.2) is 11.6 Å². The molecule has 0 saturated heterocycles. The van der Waals surface area contributed by atoms with Gasteiger partial charge >= 0.3 is 5.97 Å². The average Bonchev–Trinajstić information content (AvgIpc) is 2.76. The Kier molecular flexibility index (Phi) is 5.40. The molecule has 8 atom stereocenters. The zero-order valence-electron chi connectivity index (χ0n) is 23.8. The van der Waals surface area contributed by atoms with Crippen molar-refractivity contribution in [3.05, 3.63) is 11.6 Å². The number of carbonyl (C=O) groups is 1. The van der Waals surface area contributed by atoms with Crippen LogP contribution in [0.3, 0.4) is 0 Å². The minimum atomic E-state index is -0.290. The maximum Gasteiger partial charge on any atom is 0.312 e. The second-order valence-electron chi connectivity index (χ2n) is 15.6. The van der Waals surface area contributed by atoms with Crippen molar-refractivity contribution in [2.75, 3.05) is 7.11 Å². The zero-order valence-corrected chi connectivity index (χ0v) is 23.8. The fourth-order valence-corrected chi connectivity index (χ4v) is 11.0. The average molecular weight is 469 g/mol. The standard InChI is InChI=1S/C32H52O2/c1-21-12-14-29(6)24(28(21,4)5)13-15-31(8)25(29)11-10-22-23-20-27(2,3)16-18-32(23,26(33)34-9)19-17-30(22,31)7/h10,21,23-25H,11-20H2,1-9H3/t21-,23?,24?,25?,29-,30+,31+,32-/m0/s1. The maximum atomic E-state index is 13.4. The molecule has 0 bridgehead atoms. The van der Waals surface area contributed by atoms with Gasteiger partial charge in [-0.25, -0.2) is 0 Å². The van der Waals surface area contributed by atoms with Crippen molar-refractivity contribution in [1.29, 1.82) is 0 Å². The van der Waals surface area contributed by atoms with Crippen LogP contribution in [0.25, 0.3) is 0 Å². The Hall–Kier alpha value is -0.790. The SMILES string of the molecule is COC(=O)[C@]12CCC(C)(C)CC1C1=CCC3[C@@]4(C)CC[C@H](C)C(C)(C)C4CC[C@@]3(C)[C@]1(C)CC2. The van der Waals surface area contributed by atoms with Crippen LogP contribution >= 0.6 is 0 Å². The molecule has 5 aliphatic carbocycles. The molecule has 34 heavy (non-hydrogen) atoms. The van der Waals surface area contributed by atoms with Crippen molar-refractivity contribution in [2.24, 2.45) is 56.2 Å². The Morgan fingerprint density at radius 1 is 0.882 bits per heavy atom. The first-order valence-electron chi connectivity index (χ1n) is 14.5. The van der Waals surface area contributed by atoms with Crippen LogP contribution in [-0.2, 0) is 9.53 Å². The summed E-state index contributed by atoms with van der Waals surface area (Å²) in [7, 11) is 1.61. The lowest BCUT2D eigenvalue weighted by atomic mass is 9.33. The Labute approximate surface area is 210 Å². The van der Waals surface area contributed by atoms with E-state index in [4.69, 9.17) is 4.74 Å². The number of ether oxygens (including phenoxy) is 1. The molecule has 2 nitrogen and oxygen atoms in total. The lowest BCUT2D eigenvalue weighted by Crippen LogP contribution is -2.64. The molecule has 0 aromatic rings. The van der Waals surface area contributed by atoms with Crippen LogP contribution in [0.5, 0.6) is 0 Å². The summed E-state index contributed by atoms with van der Waals surface area (Å²) in [5, 5.41) is 0. The molecule has 0 aliphatic heterocycles. The summed E-state index contributed by atoms with van der Waals surface area (Å²) in [6.45, 7) is 20.5. The highest BCUT2D eigenvalue weighted by molar-refractivity contribution is 5.78. The number of esters is 1. The Morgan fingerprint density at radius 3 is 2.24 bits per heavy atom. The van der Waals surface area contributed by atoms with Crippen LogP contribution in [0.2, 0.25) is 0 Å². The predicted molar refractivity (Wildman–Crippen MR) is 140 cm³/mol. The van der Waals surface area contributed by atoms with Crippen LogP contribution < -0.4 is 0 Å². The molecular weight excluding hydrogens is 416 g/mol. The molecule has 2 heteroatoms. The summed E-state index contributed by atoms with van der Waals surface area (Å²) in [4.78, 5) is 13.4. The van der Waals surface area contributed by atoms with Gasteiger partial charge in [0.2, 0.25) is 0 Å². The Morgan fingerprint density at radius 2 is 1.56 bits per heavy atom. The molecule has 0 aromatic carbocycles. The molecule has 5 rings (SSSR count). The van der Waals surface area contributed by atoms with E-state index in [2.05, 4.69) is 61.5 Å². The van der Waals surface area contributed by atoms with Gasteiger partial charge in [-0.2, -0.15) is 0 Å². The highest BCUT2D eigenvalue weighted by Gasteiger charge is 2.69. The normalized spacial score (nSPS) is 51.1. The van der Waals surface area contributed by atoms with Crippen molar-refractivity contribution < 1.29 is 9.53 Å². The van der Waals surface area contributed by atoms with E-state index in [1.807, 2.05) is 0 Å². The first-order chi connectivity index (χ1) is 15.7. The second kappa shape index (κ2) is 7.38. The number of carbonyl (C=O) groups excluding carboxylic acids is 1. The van der Waals surface area contributed by atoms with Crippen molar-refractivity contribution in [3.8, 4) is 0 Å². The molecule has 0 heterocycles. The molecule has 192 valence electrons. The maximum absolute atomic E-state index is 13.4. The van der Waals surface area contributed by atoms with E-state index < -0.39 is 0 Å². The summed E-state index contributed by atoms with van der Waals surface area (Å²) in [5.74, 6) is 2.82. The quantitative estimate of drug-likeness (QED) is 0.284. The molecule has 0 spiro atoms. The molecule has 5 aliphatic rings. The highest BCUT2D eigenvalue weighted by atomic mass is 16.5. The van der Waals surface area contributed by atoms with Gasteiger partial charge in [-0.1, -0.05) is 67.0 Å². The van der Waals surface area contributed by atoms with Crippen LogP contribution in [0.1, 0.15) is 120 Å². The summed E-state index contributed by atoms with van der Waals surface area (Å²) < 4.78 is 5.52. The zero-order chi connectivity index (χ0) is 24.9. The predicted octanol–water partition coefficient (Wildman–Crippen LogP) is 8.60. The van der Waals surface area contributed by atoms with E-state index in [9.17, 15) is 4.79 Å². The van der Waals surface area contributed by atoms with Gasteiger partial charge in [0, 0.05) is 0 Å². The van der Waals surface area contributed by atoms with E-state index in [0.717, 1.165) is 49.9 Å². The number of fused-ring (bicyclic) bond motifs is 7. The first kappa shape index (κ1) is 24.9. The third-order valence-corrected chi connectivity index (χ3v) is 13.8. The largest absolute Gasteiger partial charge is 0.469 e. The third-order valence-electron chi connectivity index (χ3n) is 13.8.